The Labute approximate surface area is 339 Å². The fourth-order valence-corrected chi connectivity index (χ4v) is 9.42. The van der Waals surface area contributed by atoms with Crippen LogP contribution in [-0.4, -0.2) is 126 Å². The number of ketones is 2. The number of hydrogen-bond acceptors (Lipinski definition) is 12. The summed E-state index contributed by atoms with van der Waals surface area (Å²) in [6, 6.07) is -1.14. The minimum atomic E-state index is -2.51. The lowest BCUT2D eigenvalue weighted by Gasteiger charge is -2.47. The molecule has 13 heteroatoms. The number of carbonyl (C=O) groups excluding carboxylic acids is 4. The molecule has 3 aliphatic heterocycles. The molecule has 3 heterocycles. The number of ether oxygens (including phenoxy) is 5. The molecule has 0 aromatic heterocycles. The number of piperidine rings is 1. The zero-order chi connectivity index (χ0) is 42.2. The first-order valence-corrected chi connectivity index (χ1v) is 20.9. The van der Waals surface area contributed by atoms with Gasteiger partial charge in [-0.15, -0.1) is 6.58 Å². The highest BCUT2D eigenvalue weighted by Crippen LogP contribution is 2.39. The number of allylic oxidation sites excluding steroid dienone is 4. The van der Waals surface area contributed by atoms with Gasteiger partial charge in [-0.2, -0.15) is 0 Å². The molecule has 57 heavy (non-hydrogen) atoms. The van der Waals surface area contributed by atoms with Gasteiger partial charge < -0.3 is 43.9 Å². The number of nitrogens with zero attached hydrogens (tertiary/aromatic N) is 1. The maximum absolute atomic E-state index is 14.3. The van der Waals surface area contributed by atoms with E-state index in [-0.39, 0.29) is 49.5 Å². The molecule has 1 aliphatic carbocycles. The van der Waals surface area contributed by atoms with Crippen LogP contribution in [0.1, 0.15) is 105 Å². The lowest BCUT2D eigenvalue weighted by Crippen LogP contribution is -2.64. The van der Waals surface area contributed by atoms with Crippen molar-refractivity contribution >= 4 is 23.4 Å². The highest BCUT2D eigenvalue weighted by molar-refractivity contribution is 6.39. The van der Waals surface area contributed by atoms with Crippen LogP contribution in [0.15, 0.2) is 36.0 Å². The summed E-state index contributed by atoms with van der Waals surface area (Å²) in [6.45, 7) is 13.1. The topological polar surface area (TPSA) is 178 Å². The molecular weight excluding hydrogens is 734 g/mol. The lowest BCUT2D eigenvalue weighted by molar-refractivity contribution is -0.302. The molecule has 0 aromatic rings. The van der Waals surface area contributed by atoms with Gasteiger partial charge in [-0.05, 0) is 95.5 Å². The van der Waals surface area contributed by atoms with Crippen LogP contribution in [0.4, 0.5) is 0 Å². The minimum absolute atomic E-state index is 0.00988. The Hall–Kier alpha value is -2.78. The van der Waals surface area contributed by atoms with E-state index in [0.717, 1.165) is 5.57 Å². The number of fused-ring (bicyclic) bond motifs is 3. The molecule has 0 aromatic carbocycles. The number of Topliss-reactive ketones (excluding diaryl/α,β-unsaturated/α-hetero) is 2. The molecule has 0 spiro atoms. The van der Waals surface area contributed by atoms with Crippen LogP contribution >= 0.6 is 0 Å². The summed E-state index contributed by atoms with van der Waals surface area (Å²) >= 11 is 0. The van der Waals surface area contributed by atoms with Crippen LogP contribution in [0.5, 0.6) is 0 Å². The number of aliphatic hydroxyl groups is 3. The number of methoxy groups -OCH3 is 3. The SMILES string of the molecule is C=CC[C@@H]1/C=C(\C)C[C@H](C)C[C@H](OC)[C@H]2O[C@@](O)(C(=O)C(=O)N3CCCC[C@H]3C(=O)O[C@@H](/C(C)=C/[C@@H]3CC[C@@H](O)[C@H](OC)C3)[C@H](C)[C@@H](O)CC1=O)[C@H](C)C[C@@H]2OC. The van der Waals surface area contributed by atoms with Crippen LogP contribution in [0.25, 0.3) is 0 Å². The largest absolute Gasteiger partial charge is 0.456 e. The van der Waals surface area contributed by atoms with E-state index in [0.29, 0.717) is 56.9 Å². The summed E-state index contributed by atoms with van der Waals surface area (Å²) in [4.78, 5) is 57.8. The Balaban J connectivity index is 1.78. The van der Waals surface area contributed by atoms with Crippen molar-refractivity contribution in [1.82, 2.24) is 4.90 Å². The van der Waals surface area contributed by atoms with E-state index in [1.165, 1.54) is 19.1 Å². The third kappa shape index (κ3) is 11.3. The second-order valence-corrected chi connectivity index (χ2v) is 17.3. The van der Waals surface area contributed by atoms with Crippen LogP contribution in [0, 0.1) is 29.6 Å². The summed E-state index contributed by atoms with van der Waals surface area (Å²) in [5.41, 5.74) is 1.61. The third-order valence-corrected chi connectivity index (χ3v) is 12.9. The fraction of sp³-hybridized carbons (Fsp3) is 0.773. The van der Waals surface area contributed by atoms with Crippen LogP contribution in [0.3, 0.4) is 0 Å². The van der Waals surface area contributed by atoms with Gasteiger partial charge in [-0.25, -0.2) is 4.79 Å². The molecule has 1 amide bonds. The third-order valence-electron chi connectivity index (χ3n) is 12.9. The molecule has 2 saturated heterocycles. The van der Waals surface area contributed by atoms with Gasteiger partial charge in [0.2, 0.25) is 5.79 Å². The van der Waals surface area contributed by atoms with Crippen LogP contribution in [0.2, 0.25) is 0 Å². The summed E-state index contributed by atoms with van der Waals surface area (Å²) in [5, 5.41) is 34.1. The zero-order valence-corrected chi connectivity index (χ0v) is 35.4. The first-order valence-electron chi connectivity index (χ1n) is 20.9. The molecule has 13 nitrogen and oxygen atoms in total. The Kier molecular flexibility index (Phi) is 17.2. The molecule has 14 atom stereocenters. The van der Waals surface area contributed by atoms with E-state index in [1.54, 1.807) is 27.0 Å². The maximum atomic E-state index is 14.3. The van der Waals surface area contributed by atoms with Gasteiger partial charge in [0, 0.05) is 52.0 Å². The molecule has 3 fully saturated rings. The molecule has 322 valence electrons. The van der Waals surface area contributed by atoms with E-state index in [2.05, 4.69) is 6.58 Å². The Morgan fingerprint density at radius 2 is 1.60 bits per heavy atom. The summed E-state index contributed by atoms with van der Waals surface area (Å²) < 4.78 is 29.7. The normalized spacial score (nSPS) is 41.0. The number of aliphatic hydroxyl groups excluding tert-OH is 2. The summed E-state index contributed by atoms with van der Waals surface area (Å²) in [7, 11) is 4.61. The first kappa shape index (κ1) is 46.9. The highest BCUT2D eigenvalue weighted by atomic mass is 16.7. The molecule has 0 radical (unpaired) electrons. The second-order valence-electron chi connectivity index (χ2n) is 17.3. The van der Waals surface area contributed by atoms with Gasteiger partial charge in [0.25, 0.3) is 11.7 Å². The predicted octanol–water partition coefficient (Wildman–Crippen LogP) is 4.64. The Morgan fingerprint density at radius 3 is 2.25 bits per heavy atom. The average Bonchev–Trinajstić information content (AvgIpc) is 3.18. The van der Waals surface area contributed by atoms with Gasteiger partial charge in [0.1, 0.15) is 24.0 Å². The van der Waals surface area contributed by atoms with Crippen molar-refractivity contribution in [2.24, 2.45) is 29.6 Å². The first-order chi connectivity index (χ1) is 27.0. The summed E-state index contributed by atoms with van der Waals surface area (Å²) in [5.74, 6) is -7.76. The number of hydrogen-bond donors (Lipinski definition) is 3. The van der Waals surface area contributed by atoms with Crippen LogP contribution < -0.4 is 0 Å². The number of esters is 1. The Morgan fingerprint density at radius 1 is 0.930 bits per heavy atom. The summed E-state index contributed by atoms with van der Waals surface area (Å²) in [6.07, 6.45) is 4.93. The second kappa shape index (κ2) is 21.0. The van der Waals surface area contributed by atoms with Crippen molar-refractivity contribution < 1.29 is 58.2 Å². The van der Waals surface area contributed by atoms with Gasteiger partial charge in [0.05, 0.1) is 30.5 Å². The van der Waals surface area contributed by atoms with Gasteiger partial charge in [0.15, 0.2) is 0 Å². The molecular formula is C44H69NO12. The van der Waals surface area contributed by atoms with Crippen molar-refractivity contribution in [3.8, 4) is 0 Å². The van der Waals surface area contributed by atoms with E-state index in [9.17, 15) is 34.5 Å². The van der Waals surface area contributed by atoms with Crippen molar-refractivity contribution in [1.29, 1.82) is 0 Å². The molecule has 2 bridgehead atoms. The van der Waals surface area contributed by atoms with Gasteiger partial charge in [-0.1, -0.05) is 44.6 Å². The standard InChI is InChI=1S/C44H69NO12/c1-10-13-31-19-25(2)18-26(3)20-37(54-8)40-38(55-9)22-28(5)44(52,57-40)41(49)42(50)45-17-12-11-14-32(45)43(51)56-39(29(6)34(47)24-35(31)48)27(4)21-30-15-16-33(46)36(23-30)53-7/h10,19,21,26,28-34,36-40,46-47,52H,1,11-18,20,22-24H2,2-9H3/b25-19+,27-21+/t26-,28+,29+,30-,31+,32-,33+,34-,36+,37-,38-,39-,40+,44+/m0/s1. The number of amides is 1. The highest BCUT2D eigenvalue weighted by Gasteiger charge is 2.56. The predicted molar refractivity (Wildman–Crippen MR) is 213 cm³/mol. The average molecular weight is 804 g/mol. The van der Waals surface area contributed by atoms with E-state index < -0.39 is 83.9 Å². The molecule has 3 N–H and O–H groups in total. The van der Waals surface area contributed by atoms with E-state index in [4.69, 9.17) is 23.7 Å². The Bertz CT molecular complexity index is 1480. The molecule has 1 saturated carbocycles. The number of carbonyl (C=O) groups is 4. The van der Waals surface area contributed by atoms with Gasteiger partial charge >= 0.3 is 5.97 Å². The quantitative estimate of drug-likeness (QED) is 0.185. The van der Waals surface area contributed by atoms with Crippen molar-refractivity contribution in [2.45, 2.75) is 160 Å². The van der Waals surface area contributed by atoms with Crippen molar-refractivity contribution in [3.05, 3.63) is 36.0 Å². The zero-order valence-electron chi connectivity index (χ0n) is 35.4. The van der Waals surface area contributed by atoms with E-state index >= 15 is 0 Å². The minimum Gasteiger partial charge on any atom is -0.456 e. The van der Waals surface area contributed by atoms with E-state index in [1.807, 2.05) is 32.9 Å². The maximum Gasteiger partial charge on any atom is 0.329 e. The fourth-order valence-electron chi connectivity index (χ4n) is 9.42. The monoisotopic (exact) mass is 803 g/mol. The number of cyclic esters (lactones) is 1. The lowest BCUT2D eigenvalue weighted by atomic mass is 9.81. The van der Waals surface area contributed by atoms with Crippen LogP contribution in [-0.2, 0) is 42.9 Å². The smallest absolute Gasteiger partial charge is 0.329 e. The molecule has 4 aliphatic rings. The molecule has 0 unspecified atom stereocenters. The van der Waals surface area contributed by atoms with Crippen molar-refractivity contribution in [2.75, 3.05) is 27.9 Å². The van der Waals surface area contributed by atoms with Crippen molar-refractivity contribution in [3.63, 3.8) is 0 Å². The van der Waals surface area contributed by atoms with Gasteiger partial charge in [-0.3, -0.25) is 14.4 Å². The number of rotatable bonds is 7. The molecule has 4 rings (SSSR count).